The van der Waals surface area contributed by atoms with Crippen LogP contribution in [0.1, 0.15) is 11.3 Å². The molecule has 3 aromatic rings. The highest BCUT2D eigenvalue weighted by molar-refractivity contribution is 7.09. The average molecular weight is 437 g/mol. The van der Waals surface area contributed by atoms with E-state index in [1.165, 1.54) is 41.7 Å². The molecule has 0 fully saturated rings. The van der Waals surface area contributed by atoms with E-state index >= 15 is 0 Å². The summed E-state index contributed by atoms with van der Waals surface area (Å²) >= 11 is 1.53. The standard InChI is InChI=1S/C23H17F2N3O2S/c24-14-7-8-18-19(12-14)28(13-15-4-3-11-31-15)23-21(20(29)9-10-27(18)23)22(30)26-17-6-2-1-5-16(17)25/h1-8,11-12H,9-10,13H2,(H,26,30). The van der Waals surface area contributed by atoms with Crippen LogP contribution in [0, 0.1) is 11.6 Å². The first kappa shape index (κ1) is 19.4. The van der Waals surface area contributed by atoms with Crippen molar-refractivity contribution >= 4 is 40.1 Å². The SMILES string of the molecule is O=C1CCN2C(=C1C(=O)Nc1ccccc1F)N(Cc1cccs1)c1cc(F)ccc12. The quantitative estimate of drug-likeness (QED) is 0.603. The topological polar surface area (TPSA) is 52.7 Å². The number of rotatable bonds is 4. The first-order valence-electron chi connectivity index (χ1n) is 9.73. The van der Waals surface area contributed by atoms with Crippen molar-refractivity contribution in [3.63, 3.8) is 0 Å². The molecule has 0 atom stereocenters. The van der Waals surface area contributed by atoms with Gasteiger partial charge in [-0.3, -0.25) is 9.59 Å². The fourth-order valence-electron chi connectivity index (χ4n) is 3.97. The highest BCUT2D eigenvalue weighted by Crippen LogP contribution is 2.46. The number of ketones is 1. The highest BCUT2D eigenvalue weighted by atomic mass is 32.1. The summed E-state index contributed by atoms with van der Waals surface area (Å²) in [5, 5.41) is 4.46. The lowest BCUT2D eigenvalue weighted by Gasteiger charge is -2.30. The third kappa shape index (κ3) is 3.38. The van der Waals surface area contributed by atoms with Crippen molar-refractivity contribution in [1.29, 1.82) is 0 Å². The molecule has 2 aliphatic heterocycles. The summed E-state index contributed by atoms with van der Waals surface area (Å²) in [4.78, 5) is 30.7. The van der Waals surface area contributed by atoms with Gasteiger partial charge in [-0.15, -0.1) is 11.3 Å². The van der Waals surface area contributed by atoms with E-state index in [0.29, 0.717) is 24.6 Å². The molecule has 31 heavy (non-hydrogen) atoms. The van der Waals surface area contributed by atoms with Gasteiger partial charge in [0.15, 0.2) is 5.78 Å². The molecule has 0 bridgehead atoms. The Bertz CT molecular complexity index is 1220. The van der Waals surface area contributed by atoms with Crippen molar-refractivity contribution in [2.45, 2.75) is 13.0 Å². The maximum Gasteiger partial charge on any atom is 0.263 e. The molecule has 1 aromatic heterocycles. The van der Waals surface area contributed by atoms with Crippen LogP contribution in [0.15, 0.2) is 71.4 Å². The molecule has 5 nitrogen and oxygen atoms in total. The predicted octanol–water partition coefficient (Wildman–Crippen LogP) is 4.68. The number of fused-ring (bicyclic) bond motifs is 3. The molecule has 0 aliphatic carbocycles. The highest BCUT2D eigenvalue weighted by Gasteiger charge is 2.41. The zero-order valence-corrected chi connectivity index (χ0v) is 17.1. The van der Waals surface area contributed by atoms with Crippen LogP contribution in [-0.2, 0) is 16.1 Å². The van der Waals surface area contributed by atoms with E-state index in [4.69, 9.17) is 0 Å². The van der Waals surface area contributed by atoms with Crippen LogP contribution in [0.4, 0.5) is 25.8 Å². The molecular weight excluding hydrogens is 420 g/mol. The Morgan fingerprint density at radius 3 is 2.68 bits per heavy atom. The van der Waals surface area contributed by atoms with Crippen LogP contribution in [0.3, 0.4) is 0 Å². The van der Waals surface area contributed by atoms with Crippen LogP contribution in [0.25, 0.3) is 0 Å². The van der Waals surface area contributed by atoms with Gasteiger partial charge in [0.1, 0.15) is 23.0 Å². The molecule has 0 radical (unpaired) electrons. The Kier molecular flexibility index (Phi) is 4.78. The van der Waals surface area contributed by atoms with Crippen molar-refractivity contribution < 1.29 is 18.4 Å². The summed E-state index contributed by atoms with van der Waals surface area (Å²) < 4.78 is 28.2. The number of amides is 1. The molecule has 0 spiro atoms. The van der Waals surface area contributed by atoms with Crippen molar-refractivity contribution in [2.75, 3.05) is 21.7 Å². The largest absolute Gasteiger partial charge is 0.325 e. The van der Waals surface area contributed by atoms with Gasteiger partial charge in [0.25, 0.3) is 5.91 Å². The van der Waals surface area contributed by atoms with Gasteiger partial charge in [-0.05, 0) is 41.8 Å². The Morgan fingerprint density at radius 2 is 1.90 bits per heavy atom. The first-order valence-corrected chi connectivity index (χ1v) is 10.6. The normalized spacial score (nSPS) is 15.2. The monoisotopic (exact) mass is 437 g/mol. The smallest absolute Gasteiger partial charge is 0.263 e. The molecular formula is C23H17F2N3O2S. The van der Waals surface area contributed by atoms with Crippen molar-refractivity contribution in [1.82, 2.24) is 0 Å². The number of anilines is 3. The summed E-state index contributed by atoms with van der Waals surface area (Å²) in [5.41, 5.74) is 1.27. The summed E-state index contributed by atoms with van der Waals surface area (Å²) in [5.74, 6) is -1.60. The molecule has 0 saturated heterocycles. The van der Waals surface area contributed by atoms with Crippen molar-refractivity contribution in [2.24, 2.45) is 0 Å². The average Bonchev–Trinajstić information content (AvgIpc) is 3.36. The summed E-state index contributed by atoms with van der Waals surface area (Å²) in [6, 6.07) is 14.1. The number of hydrogen-bond acceptors (Lipinski definition) is 5. The molecule has 1 N–H and O–H groups in total. The fourth-order valence-corrected chi connectivity index (χ4v) is 4.66. The number of nitrogens with one attached hydrogen (secondary N) is 1. The molecule has 2 aromatic carbocycles. The van der Waals surface area contributed by atoms with Gasteiger partial charge in [0.2, 0.25) is 0 Å². The van der Waals surface area contributed by atoms with Gasteiger partial charge in [-0.2, -0.15) is 0 Å². The summed E-state index contributed by atoms with van der Waals surface area (Å²) in [6.45, 7) is 0.758. The first-order chi connectivity index (χ1) is 15.0. The number of nitrogens with zero attached hydrogens (tertiary/aromatic N) is 2. The Labute approximate surface area is 181 Å². The van der Waals surface area contributed by atoms with Crippen LogP contribution in [-0.4, -0.2) is 18.2 Å². The summed E-state index contributed by atoms with van der Waals surface area (Å²) in [7, 11) is 0. The van der Waals surface area contributed by atoms with Crippen molar-refractivity contribution in [3.8, 4) is 0 Å². The van der Waals surface area contributed by atoms with Crippen molar-refractivity contribution in [3.05, 3.63) is 87.9 Å². The van der Waals surface area contributed by atoms with Crippen LogP contribution < -0.4 is 15.1 Å². The number of para-hydroxylation sites is 1. The van der Waals surface area contributed by atoms with Crippen LogP contribution in [0.5, 0.6) is 0 Å². The second-order valence-electron chi connectivity index (χ2n) is 7.26. The molecule has 1 amide bonds. The van der Waals surface area contributed by atoms with E-state index in [1.807, 2.05) is 22.4 Å². The van der Waals surface area contributed by atoms with E-state index in [-0.39, 0.29) is 23.5 Å². The van der Waals surface area contributed by atoms with E-state index in [1.54, 1.807) is 17.0 Å². The maximum atomic E-state index is 14.1. The molecule has 0 saturated carbocycles. The number of carbonyl (C=O) groups is 2. The molecule has 8 heteroatoms. The zero-order valence-electron chi connectivity index (χ0n) is 16.3. The van der Waals surface area contributed by atoms with Gasteiger partial charge < -0.3 is 15.1 Å². The molecule has 2 aliphatic rings. The van der Waals surface area contributed by atoms with Gasteiger partial charge in [0.05, 0.1) is 23.6 Å². The van der Waals surface area contributed by atoms with Crippen LogP contribution in [0.2, 0.25) is 0 Å². The Morgan fingerprint density at radius 1 is 1.06 bits per heavy atom. The lowest BCUT2D eigenvalue weighted by atomic mass is 10.0. The summed E-state index contributed by atoms with van der Waals surface area (Å²) in [6.07, 6.45) is 0.132. The minimum Gasteiger partial charge on any atom is -0.325 e. The number of carbonyl (C=O) groups excluding carboxylic acids is 2. The maximum absolute atomic E-state index is 14.1. The zero-order chi connectivity index (χ0) is 21.5. The number of benzene rings is 2. The second kappa shape index (κ2) is 7.63. The number of thiophene rings is 1. The third-order valence-electron chi connectivity index (χ3n) is 5.34. The van der Waals surface area contributed by atoms with Gasteiger partial charge >= 0.3 is 0 Å². The Hall–Kier alpha value is -3.52. The minimum atomic E-state index is -0.681. The number of halogens is 2. The van der Waals surface area contributed by atoms with E-state index in [9.17, 15) is 18.4 Å². The lowest BCUT2D eigenvalue weighted by molar-refractivity contribution is -0.120. The molecule has 0 unspecified atom stereocenters. The molecule has 5 rings (SSSR count). The van der Waals surface area contributed by atoms with Crippen LogP contribution >= 0.6 is 11.3 Å². The third-order valence-corrected chi connectivity index (χ3v) is 6.20. The Balaban J connectivity index is 1.63. The van der Waals surface area contributed by atoms with Gasteiger partial charge in [-0.25, -0.2) is 8.78 Å². The van der Waals surface area contributed by atoms with Gasteiger partial charge in [0, 0.05) is 17.8 Å². The van der Waals surface area contributed by atoms with E-state index < -0.39 is 17.5 Å². The predicted molar refractivity (Wildman–Crippen MR) is 116 cm³/mol. The second-order valence-corrected chi connectivity index (χ2v) is 8.29. The molecule has 156 valence electrons. The number of Topliss-reactive ketones (excluding diaryl/α,β-unsaturated/α-hetero) is 1. The van der Waals surface area contributed by atoms with E-state index in [0.717, 1.165) is 10.6 Å². The fraction of sp³-hybridized carbons (Fsp3) is 0.130. The number of hydrogen-bond donors (Lipinski definition) is 1. The van der Waals surface area contributed by atoms with E-state index in [2.05, 4.69) is 5.32 Å². The molecule has 3 heterocycles. The lowest BCUT2D eigenvalue weighted by Crippen LogP contribution is -2.40. The van der Waals surface area contributed by atoms with Gasteiger partial charge in [-0.1, -0.05) is 18.2 Å². The minimum absolute atomic E-state index is 0.00288.